The summed E-state index contributed by atoms with van der Waals surface area (Å²) >= 11 is 0. The molecule has 0 aromatic heterocycles. The normalized spacial score (nSPS) is 13.6. The summed E-state index contributed by atoms with van der Waals surface area (Å²) in [7, 11) is 1.45. The van der Waals surface area contributed by atoms with Crippen molar-refractivity contribution in [3.05, 3.63) is 78.4 Å². The molecule has 0 fully saturated rings. The first-order valence-corrected chi connectivity index (χ1v) is 12.4. The third-order valence-corrected chi connectivity index (χ3v) is 6.42. The minimum atomic E-state index is -1.74. The topological polar surface area (TPSA) is 151 Å². The molecule has 0 saturated carbocycles. The van der Waals surface area contributed by atoms with Gasteiger partial charge in [0.1, 0.15) is 6.04 Å². The fourth-order valence-corrected chi connectivity index (χ4v) is 4.25. The fraction of sp³-hybridized carbons (Fsp3) is 0.310. The zero-order valence-corrected chi connectivity index (χ0v) is 22.4. The number of carbonyl (C=O) groups is 4. The summed E-state index contributed by atoms with van der Waals surface area (Å²) in [6, 6.07) is 20.6. The highest BCUT2D eigenvalue weighted by atomic mass is 16.6. The number of ether oxygens (including phenoxy) is 1. The third kappa shape index (κ3) is 7.32. The SMILES string of the molecule is CN(C(=O)O[C@H](C(=O)NO)[C@@H](Cc1ccc2ccccc2c1)C(=O)N[C@H](C(N)=O)C(C)(C)C)c1ccccc1. The van der Waals surface area contributed by atoms with Crippen LogP contribution in [0.5, 0.6) is 0 Å². The van der Waals surface area contributed by atoms with Crippen LogP contribution in [0.4, 0.5) is 10.5 Å². The highest BCUT2D eigenvalue weighted by Crippen LogP contribution is 2.25. The van der Waals surface area contributed by atoms with E-state index in [1.807, 2.05) is 36.4 Å². The number of hydroxylamine groups is 1. The predicted molar refractivity (Wildman–Crippen MR) is 147 cm³/mol. The first-order chi connectivity index (χ1) is 18.4. The van der Waals surface area contributed by atoms with E-state index in [-0.39, 0.29) is 6.42 Å². The minimum Gasteiger partial charge on any atom is -0.435 e. The van der Waals surface area contributed by atoms with E-state index in [9.17, 15) is 24.4 Å². The maximum absolute atomic E-state index is 13.7. The molecule has 206 valence electrons. The Morgan fingerprint density at radius 3 is 2.13 bits per heavy atom. The molecule has 39 heavy (non-hydrogen) atoms. The van der Waals surface area contributed by atoms with Gasteiger partial charge in [-0.25, -0.2) is 10.3 Å². The van der Waals surface area contributed by atoms with Gasteiger partial charge >= 0.3 is 6.09 Å². The maximum atomic E-state index is 13.7. The Balaban J connectivity index is 2.00. The number of para-hydroxylation sites is 1. The Morgan fingerprint density at radius 2 is 1.54 bits per heavy atom. The second-order valence-corrected chi connectivity index (χ2v) is 10.4. The van der Waals surface area contributed by atoms with Crippen molar-refractivity contribution in [3.63, 3.8) is 0 Å². The Bertz CT molecular complexity index is 1340. The first kappa shape index (κ1) is 29.1. The minimum absolute atomic E-state index is 0.0489. The molecule has 0 spiro atoms. The molecule has 3 rings (SSSR count). The Kier molecular flexibility index (Phi) is 9.26. The molecule has 0 saturated heterocycles. The van der Waals surface area contributed by atoms with Crippen molar-refractivity contribution in [3.8, 4) is 0 Å². The summed E-state index contributed by atoms with van der Waals surface area (Å²) < 4.78 is 5.53. The van der Waals surface area contributed by atoms with Crippen LogP contribution in [0.2, 0.25) is 0 Å². The van der Waals surface area contributed by atoms with E-state index in [1.54, 1.807) is 57.2 Å². The number of hydrogen-bond donors (Lipinski definition) is 4. The fourth-order valence-electron chi connectivity index (χ4n) is 4.25. The molecular weight excluding hydrogens is 500 g/mol. The van der Waals surface area contributed by atoms with Crippen molar-refractivity contribution < 1.29 is 29.1 Å². The molecule has 10 heteroatoms. The van der Waals surface area contributed by atoms with Crippen LogP contribution >= 0.6 is 0 Å². The molecule has 0 unspecified atom stereocenters. The van der Waals surface area contributed by atoms with E-state index < -0.39 is 47.3 Å². The van der Waals surface area contributed by atoms with Gasteiger partial charge in [0, 0.05) is 12.7 Å². The van der Waals surface area contributed by atoms with Crippen molar-refractivity contribution in [1.82, 2.24) is 10.8 Å². The molecular formula is C29H34N4O6. The number of primary amides is 1. The molecule has 0 aliphatic rings. The lowest BCUT2D eigenvalue weighted by atomic mass is 9.85. The Morgan fingerprint density at radius 1 is 0.923 bits per heavy atom. The van der Waals surface area contributed by atoms with Crippen LogP contribution in [0.1, 0.15) is 26.3 Å². The number of hydrogen-bond acceptors (Lipinski definition) is 6. The summed E-state index contributed by atoms with van der Waals surface area (Å²) in [4.78, 5) is 52.9. The molecule has 10 nitrogen and oxygen atoms in total. The van der Waals surface area contributed by atoms with Crippen LogP contribution in [-0.4, -0.2) is 48.2 Å². The number of benzene rings is 3. The Hall–Kier alpha value is -4.44. The van der Waals surface area contributed by atoms with Gasteiger partial charge in [-0.05, 0) is 40.3 Å². The zero-order valence-electron chi connectivity index (χ0n) is 22.4. The lowest BCUT2D eigenvalue weighted by molar-refractivity contribution is -0.147. The molecule has 0 radical (unpaired) electrons. The summed E-state index contributed by atoms with van der Waals surface area (Å²) in [5, 5.41) is 14.0. The molecule has 0 heterocycles. The number of nitrogens with one attached hydrogen (secondary N) is 2. The van der Waals surface area contributed by atoms with E-state index >= 15 is 0 Å². The van der Waals surface area contributed by atoms with Gasteiger partial charge in [0.2, 0.25) is 11.8 Å². The van der Waals surface area contributed by atoms with Gasteiger partial charge in [0.05, 0.1) is 5.92 Å². The van der Waals surface area contributed by atoms with Gasteiger partial charge in [-0.3, -0.25) is 24.5 Å². The summed E-state index contributed by atoms with van der Waals surface area (Å²) in [6.07, 6.45) is -2.71. The van der Waals surface area contributed by atoms with Gasteiger partial charge in [-0.15, -0.1) is 0 Å². The van der Waals surface area contributed by atoms with E-state index in [1.165, 1.54) is 17.4 Å². The number of anilines is 1. The van der Waals surface area contributed by atoms with E-state index in [4.69, 9.17) is 10.5 Å². The zero-order chi connectivity index (χ0) is 28.7. The number of fused-ring (bicyclic) bond motifs is 1. The number of rotatable bonds is 9. The van der Waals surface area contributed by atoms with Crippen LogP contribution < -0.4 is 21.4 Å². The van der Waals surface area contributed by atoms with Gasteiger partial charge in [0.15, 0.2) is 6.10 Å². The Labute approximate surface area is 227 Å². The van der Waals surface area contributed by atoms with Crippen LogP contribution in [0.3, 0.4) is 0 Å². The van der Waals surface area contributed by atoms with Crippen LogP contribution in [0.25, 0.3) is 10.8 Å². The van der Waals surface area contributed by atoms with E-state index in [0.717, 1.165) is 10.8 Å². The molecule has 0 bridgehead atoms. The highest BCUT2D eigenvalue weighted by Gasteiger charge is 2.41. The third-order valence-electron chi connectivity index (χ3n) is 6.42. The summed E-state index contributed by atoms with van der Waals surface area (Å²) in [5.41, 5.74) is 7.48. The number of nitrogens with zero attached hydrogens (tertiary/aromatic N) is 1. The maximum Gasteiger partial charge on any atom is 0.414 e. The van der Waals surface area contributed by atoms with E-state index in [2.05, 4.69) is 5.32 Å². The quantitative estimate of drug-likeness (QED) is 0.245. The lowest BCUT2D eigenvalue weighted by Gasteiger charge is -2.32. The van der Waals surface area contributed by atoms with Crippen LogP contribution in [0, 0.1) is 11.3 Å². The average molecular weight is 535 g/mol. The average Bonchev–Trinajstić information content (AvgIpc) is 2.92. The van der Waals surface area contributed by atoms with Gasteiger partial charge in [-0.2, -0.15) is 0 Å². The number of nitrogens with two attached hydrogens (primary N) is 1. The molecule has 4 amide bonds. The number of amides is 4. The van der Waals surface area contributed by atoms with E-state index in [0.29, 0.717) is 11.3 Å². The van der Waals surface area contributed by atoms with Crippen molar-refractivity contribution in [1.29, 1.82) is 0 Å². The highest BCUT2D eigenvalue weighted by molar-refractivity contribution is 5.95. The van der Waals surface area contributed by atoms with Crippen molar-refractivity contribution in [2.75, 3.05) is 11.9 Å². The standard InChI is InChI=1S/C29H34N4O6/c1-29(2,3)24(25(30)34)31-26(35)22(17-18-14-15-19-10-8-9-11-20(19)16-18)23(27(36)32-38)39-28(37)33(4)21-12-6-5-7-13-21/h5-16,22-24,38H,17H2,1-4H3,(H2,30,34)(H,31,35)(H,32,36)/t22-,23+,24-/m1/s1. The predicted octanol–water partition coefficient (Wildman–Crippen LogP) is 3.16. The molecule has 0 aliphatic heterocycles. The van der Waals surface area contributed by atoms with Crippen molar-refractivity contribution >= 4 is 40.3 Å². The van der Waals surface area contributed by atoms with Crippen molar-refractivity contribution in [2.24, 2.45) is 17.1 Å². The first-order valence-electron chi connectivity index (χ1n) is 12.4. The van der Waals surface area contributed by atoms with Crippen LogP contribution in [0.15, 0.2) is 72.8 Å². The summed E-state index contributed by atoms with van der Waals surface area (Å²) in [5.74, 6) is -3.93. The summed E-state index contributed by atoms with van der Waals surface area (Å²) in [6.45, 7) is 5.19. The van der Waals surface area contributed by atoms with Gasteiger partial charge in [-0.1, -0.05) is 81.4 Å². The lowest BCUT2D eigenvalue weighted by Crippen LogP contribution is -2.56. The number of carbonyl (C=O) groups excluding carboxylic acids is 4. The largest absolute Gasteiger partial charge is 0.435 e. The second kappa shape index (κ2) is 12.4. The molecule has 3 aromatic carbocycles. The molecule has 3 atom stereocenters. The van der Waals surface area contributed by atoms with Crippen LogP contribution in [-0.2, 0) is 25.5 Å². The molecule has 0 aliphatic carbocycles. The van der Waals surface area contributed by atoms with Gasteiger partial charge in [0.25, 0.3) is 5.91 Å². The molecule has 5 N–H and O–H groups in total. The van der Waals surface area contributed by atoms with Gasteiger partial charge < -0.3 is 15.8 Å². The van der Waals surface area contributed by atoms with Crippen molar-refractivity contribution in [2.45, 2.75) is 39.3 Å². The second-order valence-electron chi connectivity index (χ2n) is 10.4. The molecule has 3 aromatic rings. The monoisotopic (exact) mass is 534 g/mol. The smallest absolute Gasteiger partial charge is 0.414 e.